The van der Waals surface area contributed by atoms with Crippen molar-refractivity contribution < 1.29 is 24.5 Å². The Bertz CT molecular complexity index is 566. The Balaban J connectivity index is 1.86. The van der Waals surface area contributed by atoms with E-state index in [0.29, 0.717) is 6.42 Å². The number of carbonyl (C=O) groups is 2. The highest BCUT2D eigenvalue weighted by Gasteiger charge is 2.41. The van der Waals surface area contributed by atoms with Gasteiger partial charge in [0.05, 0.1) is 19.8 Å². The zero-order valence-electron chi connectivity index (χ0n) is 14.8. The highest BCUT2D eigenvalue weighted by molar-refractivity contribution is 5.85. The van der Waals surface area contributed by atoms with E-state index in [9.17, 15) is 14.7 Å². The fourth-order valence-corrected chi connectivity index (χ4v) is 3.68. The van der Waals surface area contributed by atoms with Crippen LogP contribution < -0.4 is 0 Å². The molecule has 1 aliphatic carbocycles. The van der Waals surface area contributed by atoms with E-state index in [1.54, 1.807) is 0 Å². The van der Waals surface area contributed by atoms with E-state index in [-0.39, 0.29) is 36.6 Å². The monoisotopic (exact) mass is 348 g/mol. The molecular weight excluding hydrogens is 320 g/mol. The van der Waals surface area contributed by atoms with Crippen LogP contribution in [-0.4, -0.2) is 35.2 Å². The molecule has 3 atom stereocenters. The first kappa shape index (κ1) is 19.6. The summed E-state index contributed by atoms with van der Waals surface area (Å²) in [4.78, 5) is 23.3. The maximum atomic E-state index is 12.3. The molecule has 0 amide bonds. The van der Waals surface area contributed by atoms with Crippen LogP contribution in [0.5, 0.6) is 0 Å². The number of unbranched alkanes of at least 4 members (excludes halogenated alkanes) is 3. The molecule has 5 heteroatoms. The average Bonchev–Trinajstić information content (AvgIpc) is 2.91. The zero-order chi connectivity index (χ0) is 18.2. The topological polar surface area (TPSA) is 83.8 Å². The molecule has 25 heavy (non-hydrogen) atoms. The van der Waals surface area contributed by atoms with Crippen LogP contribution in [0.15, 0.2) is 24.3 Å². The number of esters is 1. The molecule has 1 aromatic rings. The van der Waals surface area contributed by atoms with E-state index in [2.05, 4.69) is 4.74 Å². The number of methoxy groups -OCH3 is 1. The van der Waals surface area contributed by atoms with Crippen LogP contribution in [0, 0.1) is 5.92 Å². The van der Waals surface area contributed by atoms with Crippen LogP contribution in [0.2, 0.25) is 0 Å². The maximum Gasteiger partial charge on any atom is 0.305 e. The molecule has 1 saturated carbocycles. The normalized spacial score (nSPS) is 23.0. The van der Waals surface area contributed by atoms with Crippen molar-refractivity contribution in [3.63, 3.8) is 0 Å². The molecule has 2 N–H and O–H groups in total. The van der Waals surface area contributed by atoms with Crippen LogP contribution in [0.3, 0.4) is 0 Å². The van der Waals surface area contributed by atoms with Crippen molar-refractivity contribution in [1.29, 1.82) is 0 Å². The summed E-state index contributed by atoms with van der Waals surface area (Å²) in [6.07, 6.45) is 4.42. The highest BCUT2D eigenvalue weighted by Crippen LogP contribution is 2.40. The molecule has 1 fully saturated rings. The lowest BCUT2D eigenvalue weighted by atomic mass is 9.84. The van der Waals surface area contributed by atoms with Crippen molar-refractivity contribution in [2.75, 3.05) is 7.11 Å². The van der Waals surface area contributed by atoms with Gasteiger partial charge in [-0.2, -0.15) is 0 Å². The van der Waals surface area contributed by atoms with Gasteiger partial charge < -0.3 is 14.9 Å². The van der Waals surface area contributed by atoms with Crippen molar-refractivity contribution in [1.82, 2.24) is 0 Å². The van der Waals surface area contributed by atoms with E-state index in [4.69, 9.17) is 5.11 Å². The quantitative estimate of drug-likeness (QED) is 0.529. The molecule has 0 radical (unpaired) electrons. The number of ketones is 1. The van der Waals surface area contributed by atoms with Crippen LogP contribution >= 0.6 is 0 Å². The van der Waals surface area contributed by atoms with Gasteiger partial charge in [-0.05, 0) is 24.0 Å². The van der Waals surface area contributed by atoms with E-state index in [1.807, 2.05) is 24.3 Å². The number of Topliss-reactive ketones (excluding diaryl/α,β-unsaturated/α-hetero) is 1. The Morgan fingerprint density at radius 3 is 2.48 bits per heavy atom. The Labute approximate surface area is 149 Å². The first-order valence-corrected chi connectivity index (χ1v) is 9.04. The first-order chi connectivity index (χ1) is 12.1. The molecule has 0 spiro atoms. The Kier molecular flexibility index (Phi) is 7.59. The van der Waals surface area contributed by atoms with E-state index >= 15 is 0 Å². The van der Waals surface area contributed by atoms with Crippen LogP contribution in [0.4, 0.5) is 0 Å². The Morgan fingerprint density at radius 2 is 1.84 bits per heavy atom. The van der Waals surface area contributed by atoms with Gasteiger partial charge in [-0.25, -0.2) is 0 Å². The maximum absolute atomic E-state index is 12.3. The molecule has 1 aromatic carbocycles. The van der Waals surface area contributed by atoms with Crippen LogP contribution in [-0.2, 0) is 20.9 Å². The number of aliphatic hydroxyl groups excluding tert-OH is 2. The van der Waals surface area contributed by atoms with Gasteiger partial charge in [0.2, 0.25) is 0 Å². The average molecular weight is 348 g/mol. The molecule has 1 aliphatic rings. The number of aliphatic hydroxyl groups is 2. The number of rotatable bonds is 9. The van der Waals surface area contributed by atoms with Crippen molar-refractivity contribution in [2.24, 2.45) is 5.92 Å². The van der Waals surface area contributed by atoms with Gasteiger partial charge in [0.25, 0.3) is 0 Å². The number of benzene rings is 1. The number of hydrogen-bond acceptors (Lipinski definition) is 5. The molecule has 2 rings (SSSR count). The van der Waals surface area contributed by atoms with Gasteiger partial charge in [0.15, 0.2) is 0 Å². The molecule has 0 aromatic heterocycles. The van der Waals surface area contributed by atoms with Crippen molar-refractivity contribution >= 4 is 11.8 Å². The molecule has 138 valence electrons. The third kappa shape index (κ3) is 5.38. The smallest absolute Gasteiger partial charge is 0.305 e. The van der Waals surface area contributed by atoms with E-state index in [1.165, 1.54) is 7.11 Å². The van der Waals surface area contributed by atoms with Gasteiger partial charge in [0, 0.05) is 24.7 Å². The standard InChI is InChI=1S/C20H28O5/c1-25-19(24)7-5-3-2-4-6-16-17(22)12-18(23)20(16)15-10-8-14(13-21)9-11-15/h8-11,16,18,20-21,23H,2-7,12-13H2,1H3. The van der Waals surface area contributed by atoms with Crippen LogP contribution in [0.1, 0.15) is 62.0 Å². The predicted molar refractivity (Wildman–Crippen MR) is 93.9 cm³/mol. The SMILES string of the molecule is COC(=O)CCCCCCC1C(=O)CC(O)C1c1ccc(CO)cc1. The second-order valence-electron chi connectivity index (χ2n) is 6.80. The van der Waals surface area contributed by atoms with Crippen molar-refractivity contribution in [3.05, 3.63) is 35.4 Å². The number of carbonyl (C=O) groups excluding carboxylic acids is 2. The summed E-state index contributed by atoms with van der Waals surface area (Å²) in [5, 5.41) is 19.5. The molecule has 0 aliphatic heterocycles. The predicted octanol–water partition coefficient (Wildman–Crippen LogP) is 2.73. The summed E-state index contributed by atoms with van der Waals surface area (Å²) in [6, 6.07) is 7.49. The second kappa shape index (κ2) is 9.68. The van der Waals surface area contributed by atoms with Crippen LogP contribution in [0.25, 0.3) is 0 Å². The summed E-state index contributed by atoms with van der Waals surface area (Å²) in [5.41, 5.74) is 1.79. The van der Waals surface area contributed by atoms with Gasteiger partial charge in [-0.3, -0.25) is 9.59 Å². The lowest BCUT2D eigenvalue weighted by Crippen LogP contribution is -2.18. The highest BCUT2D eigenvalue weighted by atomic mass is 16.5. The van der Waals surface area contributed by atoms with Crippen molar-refractivity contribution in [3.8, 4) is 0 Å². The molecule has 3 unspecified atom stereocenters. The third-order valence-corrected chi connectivity index (χ3v) is 5.09. The number of ether oxygens (including phenoxy) is 1. The lowest BCUT2D eigenvalue weighted by Gasteiger charge is -2.21. The second-order valence-corrected chi connectivity index (χ2v) is 6.80. The molecule has 5 nitrogen and oxygen atoms in total. The fraction of sp³-hybridized carbons (Fsp3) is 0.600. The third-order valence-electron chi connectivity index (χ3n) is 5.09. The van der Waals surface area contributed by atoms with Gasteiger partial charge in [0.1, 0.15) is 5.78 Å². The number of hydrogen-bond donors (Lipinski definition) is 2. The van der Waals surface area contributed by atoms with Gasteiger partial charge >= 0.3 is 5.97 Å². The summed E-state index contributed by atoms with van der Waals surface area (Å²) in [5.74, 6) is -0.343. The largest absolute Gasteiger partial charge is 0.469 e. The minimum atomic E-state index is -0.628. The Hall–Kier alpha value is -1.72. The first-order valence-electron chi connectivity index (χ1n) is 9.04. The molecule has 0 bridgehead atoms. The van der Waals surface area contributed by atoms with Crippen molar-refractivity contribution in [2.45, 2.75) is 63.6 Å². The molecule has 0 heterocycles. The summed E-state index contributed by atoms with van der Waals surface area (Å²) in [7, 11) is 1.40. The van der Waals surface area contributed by atoms with E-state index < -0.39 is 6.10 Å². The molecular formula is C20H28O5. The van der Waals surface area contributed by atoms with E-state index in [0.717, 1.165) is 43.2 Å². The summed E-state index contributed by atoms with van der Waals surface area (Å²) >= 11 is 0. The fourth-order valence-electron chi connectivity index (χ4n) is 3.68. The Morgan fingerprint density at radius 1 is 1.16 bits per heavy atom. The lowest BCUT2D eigenvalue weighted by molar-refractivity contribution is -0.140. The summed E-state index contributed by atoms with van der Waals surface area (Å²) in [6.45, 7) is -0.0125. The van der Waals surface area contributed by atoms with Gasteiger partial charge in [-0.1, -0.05) is 43.5 Å². The van der Waals surface area contributed by atoms with Gasteiger partial charge in [-0.15, -0.1) is 0 Å². The minimum absolute atomic E-state index is 0.0125. The summed E-state index contributed by atoms with van der Waals surface area (Å²) < 4.78 is 4.62. The zero-order valence-corrected chi connectivity index (χ0v) is 14.8. The minimum Gasteiger partial charge on any atom is -0.469 e. The molecule has 0 saturated heterocycles.